The summed E-state index contributed by atoms with van der Waals surface area (Å²) in [5, 5.41) is 1.37. The quantitative estimate of drug-likeness (QED) is 0.691. The van der Waals surface area contributed by atoms with E-state index in [0.29, 0.717) is 16.2 Å². The molecule has 0 atom stereocenters. The highest BCUT2D eigenvalue weighted by Crippen LogP contribution is 2.27. The van der Waals surface area contributed by atoms with Gasteiger partial charge >= 0.3 is 5.97 Å². The number of methoxy groups -OCH3 is 1. The van der Waals surface area contributed by atoms with E-state index in [-0.39, 0.29) is 6.54 Å². The van der Waals surface area contributed by atoms with Gasteiger partial charge in [0, 0.05) is 23.7 Å². The van der Waals surface area contributed by atoms with E-state index in [4.69, 9.17) is 17.3 Å². The Labute approximate surface area is 115 Å². The van der Waals surface area contributed by atoms with Gasteiger partial charge in [0.25, 0.3) is 0 Å². The number of nitrogens with zero attached hydrogens (tertiary/aromatic N) is 1. The van der Waals surface area contributed by atoms with E-state index in [1.165, 1.54) is 7.11 Å². The number of carbonyl (C=O) groups excluding carboxylic acids is 1. The normalized spacial score (nSPS) is 11.6. The number of esters is 1. The molecule has 19 heavy (non-hydrogen) atoms. The van der Waals surface area contributed by atoms with E-state index < -0.39 is 5.97 Å². The number of nitrogens with two attached hydrogens (primary N) is 1. The maximum absolute atomic E-state index is 11.5. The van der Waals surface area contributed by atoms with Crippen molar-refractivity contribution in [3.63, 3.8) is 0 Å². The number of rotatable bonds is 3. The second kappa shape index (κ2) is 5.82. The number of ether oxygens (including phenoxy) is 1. The molecule has 0 saturated carbocycles. The summed E-state index contributed by atoms with van der Waals surface area (Å²) >= 11 is 6.31. The van der Waals surface area contributed by atoms with Crippen molar-refractivity contribution in [2.45, 2.75) is 0 Å². The monoisotopic (exact) mass is 276 g/mol. The molecule has 0 amide bonds. The predicted molar refractivity (Wildman–Crippen MR) is 75.8 cm³/mol. The number of halogens is 1. The molecule has 98 valence electrons. The van der Waals surface area contributed by atoms with Crippen LogP contribution < -0.4 is 5.73 Å². The van der Waals surface area contributed by atoms with Crippen molar-refractivity contribution in [1.82, 2.24) is 4.98 Å². The lowest BCUT2D eigenvalue weighted by atomic mass is 10.1. The molecule has 1 heterocycles. The standard InChI is InChI=1S/C14H13ClN2O2/c1-19-14(18)9(7-16)6-10-8-17-12-5-3-2-4-11(12)13(10)15/h2-6,8H,7,16H2,1H3/b9-6+. The topological polar surface area (TPSA) is 65.2 Å². The Morgan fingerprint density at radius 1 is 1.47 bits per heavy atom. The van der Waals surface area contributed by atoms with Crippen LogP contribution in [0, 0.1) is 0 Å². The van der Waals surface area contributed by atoms with Crippen LogP contribution in [0.3, 0.4) is 0 Å². The number of hydrogen-bond acceptors (Lipinski definition) is 4. The first-order chi connectivity index (χ1) is 9.17. The summed E-state index contributed by atoms with van der Waals surface area (Å²) in [7, 11) is 1.31. The summed E-state index contributed by atoms with van der Waals surface area (Å²) in [6, 6.07) is 7.52. The minimum Gasteiger partial charge on any atom is -0.466 e. The molecule has 0 radical (unpaired) electrons. The average molecular weight is 277 g/mol. The predicted octanol–water partition coefficient (Wildman–Crippen LogP) is 2.40. The third-order valence-corrected chi connectivity index (χ3v) is 3.16. The third-order valence-electron chi connectivity index (χ3n) is 2.73. The summed E-state index contributed by atoms with van der Waals surface area (Å²) in [4.78, 5) is 15.8. The van der Waals surface area contributed by atoms with E-state index in [0.717, 1.165) is 10.9 Å². The van der Waals surface area contributed by atoms with E-state index >= 15 is 0 Å². The lowest BCUT2D eigenvalue weighted by molar-refractivity contribution is -0.136. The number of benzene rings is 1. The van der Waals surface area contributed by atoms with Gasteiger partial charge in [0.05, 0.1) is 23.2 Å². The molecule has 1 aromatic carbocycles. The van der Waals surface area contributed by atoms with Crippen LogP contribution in [0.4, 0.5) is 0 Å². The summed E-state index contributed by atoms with van der Waals surface area (Å²) in [6.45, 7) is 0.0792. The Balaban J connectivity index is 2.54. The van der Waals surface area contributed by atoms with Crippen molar-refractivity contribution in [1.29, 1.82) is 0 Å². The molecule has 0 aliphatic carbocycles. The largest absolute Gasteiger partial charge is 0.466 e. The SMILES string of the molecule is COC(=O)/C(=C/c1cnc2ccccc2c1Cl)CN. The van der Waals surface area contributed by atoms with Crippen molar-refractivity contribution in [3.05, 3.63) is 46.6 Å². The molecule has 2 rings (SSSR count). The molecule has 2 N–H and O–H groups in total. The van der Waals surface area contributed by atoms with Crippen LogP contribution in [0.5, 0.6) is 0 Å². The van der Waals surface area contributed by atoms with Crippen molar-refractivity contribution >= 4 is 34.5 Å². The number of pyridine rings is 1. The van der Waals surface area contributed by atoms with Crippen molar-refractivity contribution in [2.75, 3.05) is 13.7 Å². The fraction of sp³-hybridized carbons (Fsp3) is 0.143. The first-order valence-electron chi connectivity index (χ1n) is 5.69. The van der Waals surface area contributed by atoms with Gasteiger partial charge in [-0.15, -0.1) is 0 Å². The number of hydrogen-bond donors (Lipinski definition) is 1. The Hall–Kier alpha value is -1.91. The molecule has 0 spiro atoms. The molecule has 0 saturated heterocycles. The molecule has 0 aliphatic heterocycles. The van der Waals surface area contributed by atoms with Crippen molar-refractivity contribution in [3.8, 4) is 0 Å². The van der Waals surface area contributed by atoms with Crippen LogP contribution in [0.1, 0.15) is 5.56 Å². The highest BCUT2D eigenvalue weighted by molar-refractivity contribution is 6.36. The highest BCUT2D eigenvalue weighted by Gasteiger charge is 2.10. The molecule has 0 bridgehead atoms. The van der Waals surface area contributed by atoms with Crippen LogP contribution in [-0.2, 0) is 9.53 Å². The van der Waals surface area contributed by atoms with Gasteiger partial charge < -0.3 is 10.5 Å². The smallest absolute Gasteiger partial charge is 0.335 e. The van der Waals surface area contributed by atoms with Gasteiger partial charge in [-0.3, -0.25) is 4.98 Å². The number of carbonyl (C=O) groups is 1. The zero-order valence-corrected chi connectivity index (χ0v) is 11.1. The Morgan fingerprint density at radius 2 is 2.21 bits per heavy atom. The molecule has 2 aromatic rings. The number of para-hydroxylation sites is 1. The molecule has 1 aromatic heterocycles. The molecule has 4 nitrogen and oxygen atoms in total. The molecule has 5 heteroatoms. The summed E-state index contributed by atoms with van der Waals surface area (Å²) < 4.78 is 4.65. The zero-order chi connectivity index (χ0) is 13.8. The zero-order valence-electron chi connectivity index (χ0n) is 10.4. The lowest BCUT2D eigenvalue weighted by Crippen LogP contribution is -2.14. The van der Waals surface area contributed by atoms with Crippen LogP contribution in [0.15, 0.2) is 36.0 Å². The van der Waals surface area contributed by atoms with Crippen LogP contribution >= 0.6 is 11.6 Å². The van der Waals surface area contributed by atoms with Gasteiger partial charge in [-0.25, -0.2) is 4.79 Å². The van der Waals surface area contributed by atoms with Crippen molar-refractivity contribution < 1.29 is 9.53 Å². The molecule has 0 aliphatic rings. The minimum atomic E-state index is -0.466. The van der Waals surface area contributed by atoms with Gasteiger partial charge in [0.2, 0.25) is 0 Å². The fourth-order valence-electron chi connectivity index (χ4n) is 1.74. The first kappa shape index (κ1) is 13.5. The Bertz CT molecular complexity index is 653. The minimum absolute atomic E-state index is 0.0792. The lowest BCUT2D eigenvalue weighted by Gasteiger charge is -2.06. The molecular formula is C14H13ClN2O2. The van der Waals surface area contributed by atoms with Crippen LogP contribution in [-0.4, -0.2) is 24.6 Å². The number of fused-ring (bicyclic) bond motifs is 1. The first-order valence-corrected chi connectivity index (χ1v) is 6.07. The van der Waals surface area contributed by atoms with Crippen molar-refractivity contribution in [2.24, 2.45) is 5.73 Å². The van der Waals surface area contributed by atoms with E-state index in [2.05, 4.69) is 9.72 Å². The summed E-state index contributed by atoms with van der Waals surface area (Å²) in [5.74, 6) is -0.466. The van der Waals surface area contributed by atoms with E-state index in [1.807, 2.05) is 24.3 Å². The van der Waals surface area contributed by atoms with Gasteiger partial charge in [0.15, 0.2) is 0 Å². The maximum Gasteiger partial charge on any atom is 0.335 e. The van der Waals surface area contributed by atoms with Gasteiger partial charge in [-0.05, 0) is 12.1 Å². The summed E-state index contributed by atoms with van der Waals surface area (Å²) in [6.07, 6.45) is 3.22. The highest BCUT2D eigenvalue weighted by atomic mass is 35.5. The van der Waals surface area contributed by atoms with Crippen LogP contribution in [0.2, 0.25) is 5.02 Å². The number of aromatic nitrogens is 1. The molecular weight excluding hydrogens is 264 g/mol. The summed E-state index contributed by atoms with van der Waals surface area (Å²) in [5.41, 5.74) is 7.32. The van der Waals surface area contributed by atoms with Gasteiger partial charge in [-0.2, -0.15) is 0 Å². The van der Waals surface area contributed by atoms with E-state index in [9.17, 15) is 4.79 Å². The van der Waals surface area contributed by atoms with Gasteiger partial charge in [-0.1, -0.05) is 29.8 Å². The molecule has 0 fully saturated rings. The maximum atomic E-state index is 11.5. The molecule has 0 unspecified atom stereocenters. The Morgan fingerprint density at radius 3 is 2.89 bits per heavy atom. The second-order valence-electron chi connectivity index (χ2n) is 3.91. The van der Waals surface area contributed by atoms with E-state index in [1.54, 1.807) is 12.3 Å². The average Bonchev–Trinajstić information content (AvgIpc) is 2.46. The fourth-order valence-corrected chi connectivity index (χ4v) is 2.01. The van der Waals surface area contributed by atoms with Gasteiger partial charge in [0.1, 0.15) is 0 Å². The van der Waals surface area contributed by atoms with Crippen LogP contribution in [0.25, 0.3) is 17.0 Å². The third kappa shape index (κ3) is 2.75. The second-order valence-corrected chi connectivity index (χ2v) is 4.29. The Kier molecular flexibility index (Phi) is 4.14.